The molecule has 29 heavy (non-hydrogen) atoms. The minimum atomic E-state index is -2.88. The molecule has 1 aliphatic rings. The van der Waals surface area contributed by atoms with Crippen molar-refractivity contribution in [1.29, 1.82) is 0 Å². The summed E-state index contributed by atoms with van der Waals surface area (Å²) in [4.78, 5) is 12.9. The van der Waals surface area contributed by atoms with Crippen LogP contribution in [-0.2, 0) is 28.7 Å². The van der Waals surface area contributed by atoms with Crippen LogP contribution in [0.2, 0.25) is 0 Å². The molecule has 1 N–H and O–H groups in total. The van der Waals surface area contributed by atoms with Crippen molar-refractivity contribution in [2.45, 2.75) is 57.1 Å². The topological polar surface area (TPSA) is 55.3 Å². The van der Waals surface area contributed by atoms with Gasteiger partial charge in [0.25, 0.3) is 5.82 Å². The number of carbonyl (C=O) groups excluding carboxylic acids is 1. The molecule has 0 saturated heterocycles. The second kappa shape index (κ2) is 8.61. The summed E-state index contributed by atoms with van der Waals surface area (Å²) in [6.07, 6.45) is 4.34. The molecule has 3 rings (SSSR count). The maximum atomic E-state index is 14.0. The largest absolute Gasteiger partial charge is 0.463 e. The molecule has 1 saturated carbocycles. The van der Waals surface area contributed by atoms with E-state index in [4.69, 9.17) is 4.74 Å². The predicted molar refractivity (Wildman–Crippen MR) is 103 cm³/mol. The number of carbonyl (C=O) groups is 1. The van der Waals surface area contributed by atoms with E-state index in [-0.39, 0.29) is 19.4 Å². The van der Waals surface area contributed by atoms with Crippen molar-refractivity contribution in [3.05, 3.63) is 54.1 Å². The minimum Gasteiger partial charge on any atom is -0.463 e. The Morgan fingerprint density at radius 3 is 2.72 bits per heavy atom. The molecule has 2 atom stereocenters. The maximum Gasteiger partial charge on any atom is 0.343 e. The fraction of sp³-hybridized carbons (Fsp3) is 0.545. The smallest absolute Gasteiger partial charge is 0.343 e. The van der Waals surface area contributed by atoms with Gasteiger partial charge in [0.05, 0.1) is 20.2 Å². The zero-order valence-corrected chi connectivity index (χ0v) is 17.0. The molecule has 2 aromatic rings. The van der Waals surface area contributed by atoms with Crippen molar-refractivity contribution >= 4 is 5.97 Å². The zero-order valence-electron chi connectivity index (χ0n) is 17.0. The Bertz CT molecular complexity index is 838. The number of hydrogen-bond acceptors (Lipinski definition) is 3. The molecule has 1 aromatic carbocycles. The Balaban J connectivity index is 1.70. The molecular weight excluding hydrogens is 378 g/mol. The monoisotopic (exact) mass is 407 g/mol. The fourth-order valence-corrected chi connectivity index (χ4v) is 4.09. The Labute approximate surface area is 169 Å². The quantitative estimate of drug-likeness (QED) is 0.435. The molecule has 0 bridgehead atoms. The van der Waals surface area contributed by atoms with E-state index < -0.39 is 29.8 Å². The van der Waals surface area contributed by atoms with E-state index >= 15 is 0 Å². The Kier molecular flexibility index (Phi) is 6.36. The average molecular weight is 407 g/mol. The number of aryl methyl sites for hydroxylation is 2. The number of benzene rings is 1. The summed E-state index contributed by atoms with van der Waals surface area (Å²) in [7, 11) is 1.95. The van der Waals surface area contributed by atoms with Crippen LogP contribution in [0.5, 0.6) is 0 Å². The Morgan fingerprint density at radius 1 is 1.38 bits per heavy atom. The first-order valence-corrected chi connectivity index (χ1v) is 10.1. The summed E-state index contributed by atoms with van der Waals surface area (Å²) in [5, 5.41) is 11.4. The third kappa shape index (κ3) is 4.66. The zero-order chi connectivity index (χ0) is 21.1. The van der Waals surface area contributed by atoms with Gasteiger partial charge >= 0.3 is 5.97 Å². The number of halogens is 2. The van der Waals surface area contributed by atoms with E-state index in [0.29, 0.717) is 24.9 Å². The Morgan fingerprint density at radius 2 is 2.10 bits per heavy atom. The van der Waals surface area contributed by atoms with Gasteiger partial charge in [-0.1, -0.05) is 30.3 Å². The lowest BCUT2D eigenvalue weighted by molar-refractivity contribution is -0.677. The fourth-order valence-electron chi connectivity index (χ4n) is 4.09. The molecule has 0 aliphatic heterocycles. The molecule has 1 heterocycles. The first kappa shape index (κ1) is 21.4. The van der Waals surface area contributed by atoms with Gasteiger partial charge in [-0.25, -0.2) is 22.7 Å². The number of ether oxygens (including phenoxy) is 1. The van der Waals surface area contributed by atoms with Crippen molar-refractivity contribution in [1.82, 2.24) is 4.57 Å². The van der Waals surface area contributed by atoms with Crippen molar-refractivity contribution in [2.75, 3.05) is 6.61 Å². The Hall–Kier alpha value is -2.28. The summed E-state index contributed by atoms with van der Waals surface area (Å²) >= 11 is 0. The molecule has 5 nitrogen and oxygen atoms in total. The van der Waals surface area contributed by atoms with Gasteiger partial charge in [-0.2, -0.15) is 0 Å². The molecule has 7 heteroatoms. The van der Waals surface area contributed by atoms with Gasteiger partial charge in [0.15, 0.2) is 5.60 Å². The minimum absolute atomic E-state index is 0.110. The number of aromatic nitrogens is 2. The molecule has 0 spiro atoms. The van der Waals surface area contributed by atoms with Crippen LogP contribution < -0.4 is 4.57 Å². The van der Waals surface area contributed by atoms with E-state index in [1.807, 2.05) is 35.5 Å². The van der Waals surface area contributed by atoms with Crippen LogP contribution in [0.1, 0.15) is 43.5 Å². The highest BCUT2D eigenvalue weighted by atomic mass is 19.3. The van der Waals surface area contributed by atoms with Crippen LogP contribution in [-0.4, -0.2) is 28.2 Å². The highest BCUT2D eigenvalue weighted by molar-refractivity contribution is 5.81. The third-order valence-corrected chi connectivity index (χ3v) is 5.93. The van der Waals surface area contributed by atoms with Crippen LogP contribution in [0.15, 0.2) is 42.7 Å². The van der Waals surface area contributed by atoms with Crippen LogP contribution in [0.4, 0.5) is 8.78 Å². The van der Waals surface area contributed by atoms with Gasteiger partial charge in [-0.15, -0.1) is 0 Å². The summed E-state index contributed by atoms with van der Waals surface area (Å²) < 4.78 is 37.5. The van der Waals surface area contributed by atoms with Gasteiger partial charge in [-0.05, 0) is 18.4 Å². The molecule has 0 unspecified atom stereocenters. The van der Waals surface area contributed by atoms with E-state index in [2.05, 4.69) is 0 Å². The number of rotatable bonds is 7. The van der Waals surface area contributed by atoms with Crippen molar-refractivity contribution in [3.63, 3.8) is 0 Å². The molecule has 1 aromatic heterocycles. The first-order chi connectivity index (χ1) is 13.7. The second-order valence-electron chi connectivity index (χ2n) is 7.92. The van der Waals surface area contributed by atoms with Crippen LogP contribution in [0, 0.1) is 12.8 Å². The highest BCUT2D eigenvalue weighted by Crippen LogP contribution is 2.45. The van der Waals surface area contributed by atoms with Gasteiger partial charge in [0.1, 0.15) is 12.4 Å². The van der Waals surface area contributed by atoms with Crippen LogP contribution >= 0.6 is 0 Å². The molecular formula is C22H29F2N2O3+. The van der Waals surface area contributed by atoms with Gasteiger partial charge in [0.2, 0.25) is 5.92 Å². The lowest BCUT2D eigenvalue weighted by Gasteiger charge is -2.39. The van der Waals surface area contributed by atoms with Crippen LogP contribution in [0.25, 0.3) is 0 Å². The van der Waals surface area contributed by atoms with Crippen molar-refractivity contribution in [2.24, 2.45) is 13.0 Å². The lowest BCUT2D eigenvalue weighted by Crippen LogP contribution is -2.48. The predicted octanol–water partition coefficient (Wildman–Crippen LogP) is 3.27. The first-order valence-electron chi connectivity index (χ1n) is 10.1. The summed E-state index contributed by atoms with van der Waals surface area (Å²) in [6, 6.07) is 8.31. The molecule has 1 aliphatic carbocycles. The highest BCUT2D eigenvalue weighted by Gasteiger charge is 2.52. The van der Waals surface area contributed by atoms with Gasteiger partial charge in [-0.3, -0.25) is 0 Å². The molecule has 0 radical (unpaired) electrons. The van der Waals surface area contributed by atoms with Gasteiger partial charge in [0, 0.05) is 32.1 Å². The standard InChI is InChI=1S/C22H29F2N2O3/c1-17-25(2)13-14-26(17)12-7-15-29-20(27)22(28,18-8-4-3-5-9-18)19-10-6-11-21(23,24)16-19/h3-5,8-9,13-14,19,28H,6-7,10-12,15-16H2,1-2H3/q+1/t19-,22+/m1/s1. The SMILES string of the molecule is Cc1n(CCCOC(=O)[C@](O)(c2ccccc2)[C@@H]2CCCC(F)(F)C2)cc[n+]1C. The third-order valence-electron chi connectivity index (χ3n) is 5.93. The molecule has 0 amide bonds. The average Bonchev–Trinajstić information content (AvgIpc) is 3.02. The summed E-state index contributed by atoms with van der Waals surface area (Å²) in [5.74, 6) is -3.54. The van der Waals surface area contributed by atoms with Crippen molar-refractivity contribution in [3.8, 4) is 0 Å². The normalized spacial score (nSPS) is 20.8. The van der Waals surface area contributed by atoms with E-state index in [9.17, 15) is 18.7 Å². The maximum absolute atomic E-state index is 14.0. The number of imidazole rings is 1. The number of aliphatic hydroxyl groups is 1. The number of hydrogen-bond donors (Lipinski definition) is 1. The van der Waals surface area contributed by atoms with Crippen LogP contribution in [0.3, 0.4) is 0 Å². The lowest BCUT2D eigenvalue weighted by atomic mass is 9.72. The molecule has 1 fully saturated rings. The number of alkyl halides is 2. The number of esters is 1. The van der Waals surface area contributed by atoms with E-state index in [0.717, 1.165) is 5.82 Å². The van der Waals surface area contributed by atoms with E-state index in [1.165, 1.54) is 0 Å². The van der Waals surface area contributed by atoms with Gasteiger partial charge < -0.3 is 9.84 Å². The summed E-state index contributed by atoms with van der Waals surface area (Å²) in [5.41, 5.74) is -1.76. The number of nitrogens with zero attached hydrogens (tertiary/aromatic N) is 2. The molecule has 158 valence electrons. The second-order valence-corrected chi connectivity index (χ2v) is 7.92. The van der Waals surface area contributed by atoms with Crippen molar-refractivity contribution < 1.29 is 28.0 Å². The van der Waals surface area contributed by atoms with E-state index in [1.54, 1.807) is 30.3 Å². The summed E-state index contributed by atoms with van der Waals surface area (Å²) in [6.45, 7) is 2.76.